The molecule has 1 unspecified atom stereocenters. The number of aliphatic imine (C=N–C) groups is 1. The molecule has 1 heterocycles. The van der Waals surface area contributed by atoms with E-state index in [9.17, 15) is 0 Å². The van der Waals surface area contributed by atoms with Gasteiger partial charge >= 0.3 is 0 Å². The van der Waals surface area contributed by atoms with Crippen LogP contribution in [0.4, 0.5) is 17.3 Å². The highest BCUT2D eigenvalue weighted by atomic mass is 15.4. The van der Waals surface area contributed by atoms with Crippen LogP contribution in [-0.4, -0.2) is 21.0 Å². The number of aromatic nitrogens is 3. The Morgan fingerprint density at radius 3 is 2.47 bits per heavy atom. The first kappa shape index (κ1) is 20.8. The van der Waals surface area contributed by atoms with Gasteiger partial charge in [0.1, 0.15) is 5.82 Å². The van der Waals surface area contributed by atoms with E-state index in [2.05, 4.69) is 46.0 Å². The minimum atomic E-state index is -0.0571. The Morgan fingerprint density at radius 1 is 1.07 bits per heavy atom. The van der Waals surface area contributed by atoms with Crippen LogP contribution in [0, 0.1) is 0 Å². The van der Waals surface area contributed by atoms with E-state index in [1.54, 1.807) is 18.6 Å². The molecule has 6 nitrogen and oxygen atoms in total. The molecule has 3 aromatic rings. The lowest BCUT2D eigenvalue weighted by Crippen LogP contribution is -2.09. The topological polar surface area (TPSA) is 67.1 Å². The van der Waals surface area contributed by atoms with Crippen molar-refractivity contribution < 1.29 is 0 Å². The molecule has 1 atom stereocenters. The molecule has 0 aliphatic rings. The van der Waals surface area contributed by atoms with Crippen molar-refractivity contribution in [3.63, 3.8) is 0 Å². The Labute approximate surface area is 177 Å². The van der Waals surface area contributed by atoms with Gasteiger partial charge in [0.2, 0.25) is 5.95 Å². The Kier molecular flexibility index (Phi) is 7.33. The SMILES string of the molecule is C=CCn1nc(Nc2ccc(N/C=C\N=CC)cc2)nc1C(C=C)c1ccccc1. The van der Waals surface area contributed by atoms with Crippen molar-refractivity contribution >= 4 is 23.5 Å². The average molecular weight is 399 g/mol. The maximum atomic E-state index is 4.74. The number of hydrogen-bond acceptors (Lipinski definition) is 5. The monoisotopic (exact) mass is 398 g/mol. The Hall–Kier alpha value is -3.93. The van der Waals surface area contributed by atoms with Crippen LogP contribution in [0.1, 0.15) is 24.2 Å². The van der Waals surface area contributed by atoms with Crippen LogP contribution in [-0.2, 0) is 6.54 Å². The Morgan fingerprint density at radius 2 is 1.80 bits per heavy atom. The predicted molar refractivity (Wildman–Crippen MR) is 125 cm³/mol. The van der Waals surface area contributed by atoms with Gasteiger partial charge in [-0.1, -0.05) is 42.5 Å². The van der Waals surface area contributed by atoms with Gasteiger partial charge < -0.3 is 10.6 Å². The molecule has 0 spiro atoms. The van der Waals surface area contributed by atoms with Crippen LogP contribution < -0.4 is 10.6 Å². The molecular formula is C24H26N6. The van der Waals surface area contributed by atoms with Crippen molar-refractivity contribution in [1.82, 2.24) is 14.8 Å². The molecule has 152 valence electrons. The van der Waals surface area contributed by atoms with Gasteiger partial charge in [-0.3, -0.25) is 4.99 Å². The number of anilines is 3. The molecule has 6 heteroatoms. The van der Waals surface area contributed by atoms with Crippen molar-refractivity contribution in [3.8, 4) is 0 Å². The number of rotatable bonds is 10. The normalized spacial score (nSPS) is 12.2. The van der Waals surface area contributed by atoms with Gasteiger partial charge in [0, 0.05) is 30.0 Å². The predicted octanol–water partition coefficient (Wildman–Crippen LogP) is 5.50. The summed E-state index contributed by atoms with van der Waals surface area (Å²) in [7, 11) is 0. The smallest absolute Gasteiger partial charge is 0.246 e. The average Bonchev–Trinajstić information content (AvgIpc) is 3.16. The van der Waals surface area contributed by atoms with Crippen molar-refractivity contribution in [1.29, 1.82) is 0 Å². The summed E-state index contributed by atoms with van der Waals surface area (Å²) in [6, 6.07) is 18.0. The zero-order chi connectivity index (χ0) is 21.2. The van der Waals surface area contributed by atoms with E-state index in [0.29, 0.717) is 12.5 Å². The molecular weight excluding hydrogens is 372 g/mol. The van der Waals surface area contributed by atoms with E-state index in [-0.39, 0.29) is 5.92 Å². The fraction of sp³-hybridized carbons (Fsp3) is 0.125. The van der Waals surface area contributed by atoms with E-state index in [1.807, 2.05) is 66.2 Å². The Balaban J connectivity index is 1.79. The van der Waals surface area contributed by atoms with Gasteiger partial charge in [0.15, 0.2) is 0 Å². The Bertz CT molecular complexity index is 1020. The van der Waals surface area contributed by atoms with Gasteiger partial charge in [-0.25, -0.2) is 4.68 Å². The third-order valence-corrected chi connectivity index (χ3v) is 4.38. The number of hydrogen-bond donors (Lipinski definition) is 2. The lowest BCUT2D eigenvalue weighted by atomic mass is 9.98. The zero-order valence-electron chi connectivity index (χ0n) is 17.1. The van der Waals surface area contributed by atoms with Gasteiger partial charge in [-0.2, -0.15) is 4.98 Å². The van der Waals surface area contributed by atoms with Crippen molar-refractivity contribution in [2.45, 2.75) is 19.4 Å². The number of benzene rings is 2. The first-order chi connectivity index (χ1) is 14.7. The van der Waals surface area contributed by atoms with Crippen LogP contribution in [0.3, 0.4) is 0 Å². The van der Waals surface area contributed by atoms with Gasteiger partial charge in [-0.05, 0) is 36.8 Å². The second-order valence-corrected chi connectivity index (χ2v) is 6.46. The molecule has 0 aliphatic heterocycles. The van der Waals surface area contributed by atoms with Gasteiger partial charge in [0.05, 0.1) is 12.5 Å². The molecule has 0 amide bonds. The largest absolute Gasteiger partial charge is 0.360 e. The third-order valence-electron chi connectivity index (χ3n) is 4.38. The van der Waals surface area contributed by atoms with E-state index in [0.717, 1.165) is 22.8 Å². The summed E-state index contributed by atoms with van der Waals surface area (Å²) >= 11 is 0. The molecule has 2 N–H and O–H groups in total. The highest BCUT2D eigenvalue weighted by Crippen LogP contribution is 2.26. The molecule has 2 aromatic carbocycles. The first-order valence-electron chi connectivity index (χ1n) is 9.74. The molecule has 0 radical (unpaired) electrons. The summed E-state index contributed by atoms with van der Waals surface area (Å²) in [6.45, 7) is 10.3. The minimum Gasteiger partial charge on any atom is -0.360 e. The summed E-state index contributed by atoms with van der Waals surface area (Å²) in [5.41, 5.74) is 2.98. The molecule has 0 saturated heterocycles. The van der Waals surface area contributed by atoms with Crippen LogP contribution in [0.2, 0.25) is 0 Å². The number of nitrogens with one attached hydrogen (secondary N) is 2. The number of allylic oxidation sites excluding steroid dienone is 2. The first-order valence-corrected chi connectivity index (χ1v) is 9.74. The molecule has 30 heavy (non-hydrogen) atoms. The van der Waals surface area contributed by atoms with Gasteiger partial charge in [0.25, 0.3) is 0 Å². The lowest BCUT2D eigenvalue weighted by molar-refractivity contribution is 0.646. The van der Waals surface area contributed by atoms with Crippen LogP contribution in [0.5, 0.6) is 0 Å². The van der Waals surface area contributed by atoms with Crippen molar-refractivity contribution in [2.24, 2.45) is 4.99 Å². The molecule has 1 aromatic heterocycles. The second-order valence-electron chi connectivity index (χ2n) is 6.46. The molecule has 0 saturated carbocycles. The second kappa shape index (κ2) is 10.6. The molecule has 0 fully saturated rings. The van der Waals surface area contributed by atoms with E-state index in [4.69, 9.17) is 4.98 Å². The summed E-state index contributed by atoms with van der Waals surface area (Å²) < 4.78 is 1.85. The van der Waals surface area contributed by atoms with Crippen LogP contribution >= 0.6 is 0 Å². The van der Waals surface area contributed by atoms with Gasteiger partial charge in [-0.15, -0.1) is 18.3 Å². The minimum absolute atomic E-state index is 0.0571. The lowest BCUT2D eigenvalue weighted by Gasteiger charge is -2.12. The zero-order valence-corrected chi connectivity index (χ0v) is 17.1. The fourth-order valence-electron chi connectivity index (χ4n) is 2.99. The molecule has 0 bridgehead atoms. The fourth-order valence-corrected chi connectivity index (χ4v) is 2.99. The quantitative estimate of drug-likeness (QED) is 0.350. The highest BCUT2D eigenvalue weighted by molar-refractivity contribution is 5.59. The van der Waals surface area contributed by atoms with E-state index >= 15 is 0 Å². The van der Waals surface area contributed by atoms with E-state index in [1.165, 1.54) is 0 Å². The summed E-state index contributed by atoms with van der Waals surface area (Å²) in [5, 5.41) is 11.1. The summed E-state index contributed by atoms with van der Waals surface area (Å²) in [4.78, 5) is 8.76. The molecule has 3 rings (SSSR count). The maximum Gasteiger partial charge on any atom is 0.246 e. The van der Waals surface area contributed by atoms with Crippen molar-refractivity contribution in [2.75, 3.05) is 10.6 Å². The van der Waals surface area contributed by atoms with Crippen LogP contribution in [0.15, 0.2) is 97.3 Å². The van der Waals surface area contributed by atoms with Crippen molar-refractivity contribution in [3.05, 3.63) is 104 Å². The highest BCUT2D eigenvalue weighted by Gasteiger charge is 2.19. The number of nitrogens with zero attached hydrogens (tertiary/aromatic N) is 4. The standard InChI is InChI=1S/C24H26N6/c1-4-18-30-23(22(5-2)19-10-8-7-9-11-19)28-24(29-30)27-21-14-12-20(13-15-21)26-17-16-25-6-3/h4-17,22,26H,1-2,18H2,3H3,(H,27,29)/b17-16-,25-6?. The van der Waals surface area contributed by atoms with Crippen LogP contribution in [0.25, 0.3) is 0 Å². The summed E-state index contributed by atoms with van der Waals surface area (Å²) in [6.07, 6.45) is 8.91. The van der Waals surface area contributed by atoms with E-state index < -0.39 is 0 Å². The maximum absolute atomic E-state index is 4.74. The third kappa shape index (κ3) is 5.32. The summed E-state index contributed by atoms with van der Waals surface area (Å²) in [5.74, 6) is 1.30. The molecule has 0 aliphatic carbocycles.